The van der Waals surface area contributed by atoms with Crippen molar-refractivity contribution in [2.24, 2.45) is 0 Å². The molecule has 1 aromatic rings. The molecule has 0 bridgehead atoms. The highest BCUT2D eigenvalue weighted by atomic mass is 35.5. The van der Waals surface area contributed by atoms with Crippen LogP contribution in [0.3, 0.4) is 0 Å². The topological polar surface area (TPSA) is 51.7 Å². The summed E-state index contributed by atoms with van der Waals surface area (Å²) in [6.07, 6.45) is 2.71. The third-order valence-corrected chi connectivity index (χ3v) is 6.60. The lowest BCUT2D eigenvalue weighted by molar-refractivity contribution is -0.131. The van der Waals surface area contributed by atoms with Gasteiger partial charge >= 0.3 is 0 Å². The molecule has 3 aliphatic rings. The molecule has 1 N–H and O–H groups in total. The van der Waals surface area contributed by atoms with Gasteiger partial charge in [0.25, 0.3) is 0 Å². The molecule has 4 heterocycles. The smallest absolute Gasteiger partial charge is 0.240 e. The van der Waals surface area contributed by atoms with Gasteiger partial charge in [-0.1, -0.05) is 11.6 Å². The van der Waals surface area contributed by atoms with Crippen LogP contribution in [0.15, 0.2) is 18.3 Å². The Bertz CT molecular complexity index is 619. The minimum absolute atomic E-state index is 0.00744. The lowest BCUT2D eigenvalue weighted by Crippen LogP contribution is -2.51. The number of anilines is 1. The van der Waals surface area contributed by atoms with E-state index in [1.54, 1.807) is 6.20 Å². The van der Waals surface area contributed by atoms with Gasteiger partial charge in [-0.3, -0.25) is 9.69 Å². The van der Waals surface area contributed by atoms with Gasteiger partial charge in [-0.15, -0.1) is 11.8 Å². The summed E-state index contributed by atoms with van der Waals surface area (Å²) in [6.45, 7) is 5.63. The third kappa shape index (κ3) is 3.74. The summed E-state index contributed by atoms with van der Waals surface area (Å²) in [6, 6.07) is 4.20. The zero-order valence-electron chi connectivity index (χ0n) is 14.2. The number of hydrogen-bond donors (Lipinski definition) is 1. The number of rotatable bonds is 3. The summed E-state index contributed by atoms with van der Waals surface area (Å²) < 4.78 is 0. The number of nitrogens with zero attached hydrogens (tertiary/aromatic N) is 4. The van der Waals surface area contributed by atoms with Crippen LogP contribution in [0.5, 0.6) is 0 Å². The number of thioether (sulfide) groups is 1. The Hall–Kier alpha value is -1.02. The Balaban J connectivity index is 1.30. The average Bonchev–Trinajstić information content (AvgIpc) is 3.34. The zero-order valence-corrected chi connectivity index (χ0v) is 15.8. The van der Waals surface area contributed by atoms with E-state index in [-0.39, 0.29) is 11.9 Å². The maximum Gasteiger partial charge on any atom is 0.240 e. The summed E-state index contributed by atoms with van der Waals surface area (Å²) in [5.74, 6) is 3.09. The second-order valence-corrected chi connectivity index (χ2v) is 8.30. The minimum atomic E-state index is -0.00744. The molecule has 4 rings (SSSR count). The molecular formula is C17H24ClN5OS. The second-order valence-electron chi connectivity index (χ2n) is 6.82. The zero-order chi connectivity index (χ0) is 17.2. The quantitative estimate of drug-likeness (QED) is 0.846. The molecule has 1 aromatic heterocycles. The molecule has 0 aromatic carbocycles. The molecule has 1 amide bonds. The lowest BCUT2D eigenvalue weighted by atomic mass is 10.1. The normalized spacial score (nSPS) is 27.9. The molecule has 3 fully saturated rings. The first-order chi connectivity index (χ1) is 12.2. The van der Waals surface area contributed by atoms with E-state index in [1.165, 1.54) is 0 Å². The highest BCUT2D eigenvalue weighted by Gasteiger charge is 2.36. The van der Waals surface area contributed by atoms with Gasteiger partial charge in [-0.2, -0.15) is 0 Å². The van der Waals surface area contributed by atoms with E-state index < -0.39 is 0 Å². The van der Waals surface area contributed by atoms with Gasteiger partial charge < -0.3 is 15.1 Å². The van der Waals surface area contributed by atoms with Crippen LogP contribution in [0, 0.1) is 0 Å². The van der Waals surface area contributed by atoms with Crippen LogP contribution in [0.25, 0.3) is 0 Å². The highest BCUT2D eigenvalue weighted by molar-refractivity contribution is 7.99. The summed E-state index contributed by atoms with van der Waals surface area (Å²) >= 11 is 8.11. The number of halogens is 1. The maximum absolute atomic E-state index is 12.6. The van der Waals surface area contributed by atoms with Crippen molar-refractivity contribution in [3.8, 4) is 0 Å². The number of hydrogen-bond acceptors (Lipinski definition) is 6. The Morgan fingerprint density at radius 2 is 2.12 bits per heavy atom. The average molecular weight is 382 g/mol. The van der Waals surface area contributed by atoms with Crippen LogP contribution in [0.1, 0.15) is 6.42 Å². The molecule has 6 nitrogen and oxygen atoms in total. The van der Waals surface area contributed by atoms with Gasteiger partial charge in [-0.25, -0.2) is 4.98 Å². The molecule has 0 unspecified atom stereocenters. The van der Waals surface area contributed by atoms with Crippen LogP contribution >= 0.6 is 23.4 Å². The number of nitrogens with one attached hydrogen (secondary N) is 1. The Morgan fingerprint density at radius 3 is 2.84 bits per heavy atom. The first kappa shape index (κ1) is 17.4. The van der Waals surface area contributed by atoms with Crippen LogP contribution in [0.2, 0.25) is 5.02 Å². The number of piperazine rings is 1. The molecule has 3 saturated heterocycles. The van der Waals surface area contributed by atoms with Gasteiger partial charge in [-0.05, 0) is 18.6 Å². The molecule has 0 radical (unpaired) electrons. The predicted molar refractivity (Wildman–Crippen MR) is 102 cm³/mol. The Morgan fingerprint density at radius 1 is 1.28 bits per heavy atom. The molecule has 2 atom stereocenters. The van der Waals surface area contributed by atoms with Gasteiger partial charge in [0.2, 0.25) is 5.91 Å². The number of carbonyl (C=O) groups is 1. The third-order valence-electron chi connectivity index (χ3n) is 5.34. The van der Waals surface area contributed by atoms with Crippen LogP contribution < -0.4 is 10.2 Å². The first-order valence-electron chi connectivity index (χ1n) is 8.92. The van der Waals surface area contributed by atoms with E-state index in [1.807, 2.05) is 28.8 Å². The Labute approximate surface area is 157 Å². The lowest BCUT2D eigenvalue weighted by Gasteiger charge is -2.38. The van der Waals surface area contributed by atoms with Crippen molar-refractivity contribution < 1.29 is 4.79 Å². The number of carbonyl (C=O) groups excluding carboxylic acids is 1. The predicted octanol–water partition coefficient (Wildman–Crippen LogP) is 1.12. The van der Waals surface area contributed by atoms with Crippen molar-refractivity contribution in [1.82, 2.24) is 20.1 Å². The fourth-order valence-electron chi connectivity index (χ4n) is 3.90. The Kier molecular flexibility index (Phi) is 5.36. The first-order valence-corrected chi connectivity index (χ1v) is 10.4. The molecule has 25 heavy (non-hydrogen) atoms. The fraction of sp³-hybridized carbons (Fsp3) is 0.647. The van der Waals surface area contributed by atoms with Crippen molar-refractivity contribution in [2.45, 2.75) is 18.5 Å². The molecule has 3 aliphatic heterocycles. The molecule has 136 valence electrons. The number of aromatic nitrogens is 1. The monoisotopic (exact) mass is 381 g/mol. The van der Waals surface area contributed by atoms with E-state index in [2.05, 4.69) is 20.1 Å². The molecule has 0 spiro atoms. The fourth-order valence-corrected chi connectivity index (χ4v) is 5.10. The molecule has 0 aliphatic carbocycles. The van der Waals surface area contributed by atoms with Gasteiger partial charge in [0, 0.05) is 57.3 Å². The minimum Gasteiger partial charge on any atom is -0.353 e. The summed E-state index contributed by atoms with van der Waals surface area (Å²) in [7, 11) is 0. The van der Waals surface area contributed by atoms with Gasteiger partial charge in [0.1, 0.15) is 5.82 Å². The van der Waals surface area contributed by atoms with Gasteiger partial charge in [0.05, 0.1) is 16.9 Å². The summed E-state index contributed by atoms with van der Waals surface area (Å²) in [5, 5.41) is 4.16. The SMILES string of the molecule is O=C([C@@H]1C[C@H](N2CCN(c3ncccc3Cl)CC2)CN1)N1CCSC1. The van der Waals surface area contributed by atoms with Crippen molar-refractivity contribution >= 4 is 35.1 Å². The maximum atomic E-state index is 12.6. The summed E-state index contributed by atoms with van der Waals surface area (Å²) in [5.41, 5.74) is 0. The second kappa shape index (κ2) is 7.70. The van der Waals surface area contributed by atoms with E-state index in [0.717, 1.165) is 63.1 Å². The van der Waals surface area contributed by atoms with Crippen LogP contribution in [-0.4, -0.2) is 83.7 Å². The van der Waals surface area contributed by atoms with Crippen LogP contribution in [0.4, 0.5) is 5.82 Å². The van der Waals surface area contributed by atoms with Crippen molar-refractivity contribution in [3.63, 3.8) is 0 Å². The summed E-state index contributed by atoms with van der Waals surface area (Å²) in [4.78, 5) is 23.7. The largest absolute Gasteiger partial charge is 0.353 e. The number of pyridine rings is 1. The highest BCUT2D eigenvalue weighted by Crippen LogP contribution is 2.25. The standard InChI is InChI=1S/C17H24ClN5OS/c18-14-2-1-3-19-16(14)22-6-4-21(5-7-22)13-10-15(20-11-13)17(24)23-8-9-25-12-23/h1-3,13,15,20H,4-12H2/t13-,15-/m0/s1. The van der Waals surface area contributed by atoms with Crippen molar-refractivity contribution in [3.05, 3.63) is 23.4 Å². The van der Waals surface area contributed by atoms with E-state index in [9.17, 15) is 4.79 Å². The number of amides is 1. The van der Waals surface area contributed by atoms with Crippen LogP contribution in [-0.2, 0) is 4.79 Å². The molecule has 8 heteroatoms. The van der Waals surface area contributed by atoms with E-state index in [0.29, 0.717) is 11.1 Å². The van der Waals surface area contributed by atoms with E-state index >= 15 is 0 Å². The molecular weight excluding hydrogens is 358 g/mol. The van der Waals surface area contributed by atoms with Crippen molar-refractivity contribution in [2.75, 3.05) is 55.8 Å². The van der Waals surface area contributed by atoms with Crippen molar-refractivity contribution in [1.29, 1.82) is 0 Å². The molecule has 0 saturated carbocycles. The van der Waals surface area contributed by atoms with Gasteiger partial charge in [0.15, 0.2) is 0 Å². The van der Waals surface area contributed by atoms with E-state index in [4.69, 9.17) is 11.6 Å².